The van der Waals surface area contributed by atoms with Gasteiger partial charge in [-0.15, -0.1) is 0 Å². The number of hydrogen-bond donors (Lipinski definition) is 2. The predicted octanol–water partition coefficient (Wildman–Crippen LogP) is 1.23. The number of carboxylic acids is 2. The van der Waals surface area contributed by atoms with E-state index in [4.69, 9.17) is 14.9 Å². The van der Waals surface area contributed by atoms with Crippen LogP contribution in [0.15, 0.2) is 18.2 Å². The summed E-state index contributed by atoms with van der Waals surface area (Å²) in [6.45, 7) is 0.140. The molecule has 0 aliphatic rings. The first kappa shape index (κ1) is 11.2. The second-order valence-electron chi connectivity index (χ2n) is 2.92. The lowest BCUT2D eigenvalue weighted by atomic mass is 10.0. The third-order valence-corrected chi connectivity index (χ3v) is 1.89. The van der Waals surface area contributed by atoms with E-state index >= 15 is 0 Å². The molecule has 0 saturated heterocycles. The monoisotopic (exact) mass is 210 g/mol. The highest BCUT2D eigenvalue weighted by Gasteiger charge is 2.13. The molecular weight excluding hydrogens is 200 g/mol. The molecule has 1 aromatic carbocycles. The van der Waals surface area contributed by atoms with Gasteiger partial charge in [0.25, 0.3) is 0 Å². The van der Waals surface area contributed by atoms with Crippen LogP contribution in [0.25, 0.3) is 0 Å². The van der Waals surface area contributed by atoms with Crippen molar-refractivity contribution in [3.8, 4) is 0 Å². The van der Waals surface area contributed by atoms with Gasteiger partial charge in [-0.1, -0.05) is 6.07 Å². The molecule has 5 heteroatoms. The molecule has 0 saturated carbocycles. The smallest absolute Gasteiger partial charge is 0.336 e. The highest BCUT2D eigenvalue weighted by Crippen LogP contribution is 2.13. The Morgan fingerprint density at radius 2 is 1.93 bits per heavy atom. The van der Waals surface area contributed by atoms with Crippen molar-refractivity contribution in [3.63, 3.8) is 0 Å². The van der Waals surface area contributed by atoms with Gasteiger partial charge in [0.2, 0.25) is 0 Å². The van der Waals surface area contributed by atoms with E-state index in [-0.39, 0.29) is 17.7 Å². The van der Waals surface area contributed by atoms with Crippen molar-refractivity contribution in [1.82, 2.24) is 0 Å². The van der Waals surface area contributed by atoms with E-state index in [0.29, 0.717) is 5.56 Å². The average molecular weight is 210 g/mol. The molecule has 2 N–H and O–H groups in total. The van der Waals surface area contributed by atoms with Crippen molar-refractivity contribution in [2.24, 2.45) is 0 Å². The zero-order valence-electron chi connectivity index (χ0n) is 8.06. The molecule has 0 spiro atoms. The Hall–Kier alpha value is -1.88. The molecule has 80 valence electrons. The predicted molar refractivity (Wildman–Crippen MR) is 51.1 cm³/mol. The summed E-state index contributed by atoms with van der Waals surface area (Å²) in [7, 11) is 1.44. The minimum Gasteiger partial charge on any atom is -0.478 e. The van der Waals surface area contributed by atoms with Crippen LogP contribution in [0.4, 0.5) is 0 Å². The van der Waals surface area contributed by atoms with Crippen LogP contribution in [0.2, 0.25) is 0 Å². The number of carboxylic acid groups (broad SMARTS) is 2. The van der Waals surface area contributed by atoms with E-state index in [2.05, 4.69) is 0 Å². The minimum absolute atomic E-state index is 0.0447. The van der Waals surface area contributed by atoms with Gasteiger partial charge in [0, 0.05) is 7.11 Å². The molecule has 0 aliphatic heterocycles. The second kappa shape index (κ2) is 4.56. The maximum Gasteiger partial charge on any atom is 0.336 e. The summed E-state index contributed by atoms with van der Waals surface area (Å²) in [5.74, 6) is -2.31. The lowest BCUT2D eigenvalue weighted by molar-refractivity contribution is 0.0692. The highest BCUT2D eigenvalue weighted by molar-refractivity contribution is 5.94. The molecule has 0 aromatic heterocycles. The van der Waals surface area contributed by atoms with Crippen LogP contribution in [0.5, 0.6) is 0 Å². The average Bonchev–Trinajstić information content (AvgIpc) is 2.18. The molecule has 5 nitrogen and oxygen atoms in total. The first-order valence-electron chi connectivity index (χ1n) is 4.14. The van der Waals surface area contributed by atoms with Crippen molar-refractivity contribution in [1.29, 1.82) is 0 Å². The van der Waals surface area contributed by atoms with E-state index in [0.717, 1.165) is 6.07 Å². The summed E-state index contributed by atoms with van der Waals surface area (Å²) in [6.07, 6.45) is 0. The van der Waals surface area contributed by atoms with Gasteiger partial charge in [0.1, 0.15) is 0 Å². The van der Waals surface area contributed by atoms with Crippen LogP contribution in [-0.4, -0.2) is 29.3 Å². The van der Waals surface area contributed by atoms with Crippen LogP contribution in [0.1, 0.15) is 26.3 Å². The van der Waals surface area contributed by atoms with Crippen LogP contribution in [0, 0.1) is 0 Å². The van der Waals surface area contributed by atoms with Gasteiger partial charge in [-0.25, -0.2) is 9.59 Å². The number of methoxy groups -OCH3 is 1. The van der Waals surface area contributed by atoms with Crippen molar-refractivity contribution < 1.29 is 24.5 Å². The number of hydrogen-bond acceptors (Lipinski definition) is 3. The first-order valence-corrected chi connectivity index (χ1v) is 4.14. The first-order chi connectivity index (χ1) is 7.06. The van der Waals surface area contributed by atoms with Gasteiger partial charge in [0.15, 0.2) is 0 Å². The van der Waals surface area contributed by atoms with Gasteiger partial charge in [0.05, 0.1) is 17.7 Å². The van der Waals surface area contributed by atoms with Crippen LogP contribution in [0.3, 0.4) is 0 Å². The van der Waals surface area contributed by atoms with Gasteiger partial charge >= 0.3 is 11.9 Å². The van der Waals surface area contributed by atoms with Gasteiger partial charge in [-0.05, 0) is 17.7 Å². The molecule has 0 atom stereocenters. The fourth-order valence-corrected chi connectivity index (χ4v) is 1.19. The van der Waals surface area contributed by atoms with Crippen LogP contribution >= 0.6 is 0 Å². The van der Waals surface area contributed by atoms with Crippen molar-refractivity contribution >= 4 is 11.9 Å². The number of carbonyl (C=O) groups is 2. The normalized spacial score (nSPS) is 9.93. The molecule has 15 heavy (non-hydrogen) atoms. The molecular formula is C10H10O5. The lowest BCUT2D eigenvalue weighted by Crippen LogP contribution is -2.06. The second-order valence-corrected chi connectivity index (χ2v) is 2.92. The third kappa shape index (κ3) is 2.54. The molecule has 0 unspecified atom stereocenters. The molecule has 0 bridgehead atoms. The summed E-state index contributed by atoms with van der Waals surface area (Å²) in [5, 5.41) is 17.5. The van der Waals surface area contributed by atoms with E-state index in [9.17, 15) is 9.59 Å². The number of aromatic carboxylic acids is 2. The largest absolute Gasteiger partial charge is 0.478 e. The van der Waals surface area contributed by atoms with Gasteiger partial charge in [-0.2, -0.15) is 0 Å². The van der Waals surface area contributed by atoms with Crippen molar-refractivity contribution in [2.75, 3.05) is 7.11 Å². The molecule has 0 heterocycles. The highest BCUT2D eigenvalue weighted by atomic mass is 16.5. The fourth-order valence-electron chi connectivity index (χ4n) is 1.19. The third-order valence-electron chi connectivity index (χ3n) is 1.89. The quantitative estimate of drug-likeness (QED) is 0.780. The van der Waals surface area contributed by atoms with Gasteiger partial charge < -0.3 is 14.9 Å². The van der Waals surface area contributed by atoms with Crippen molar-refractivity contribution in [2.45, 2.75) is 6.61 Å². The van der Waals surface area contributed by atoms with Gasteiger partial charge in [-0.3, -0.25) is 0 Å². The summed E-state index contributed by atoms with van der Waals surface area (Å²) >= 11 is 0. The molecule has 0 radical (unpaired) electrons. The zero-order chi connectivity index (χ0) is 11.4. The Kier molecular flexibility index (Phi) is 3.41. The number of ether oxygens (including phenoxy) is 1. The Balaban J connectivity index is 3.20. The van der Waals surface area contributed by atoms with E-state index in [1.54, 1.807) is 0 Å². The Morgan fingerprint density at radius 1 is 1.27 bits per heavy atom. The Morgan fingerprint density at radius 3 is 2.40 bits per heavy atom. The molecule has 0 amide bonds. The van der Waals surface area contributed by atoms with Crippen LogP contribution < -0.4 is 0 Å². The summed E-state index contributed by atoms with van der Waals surface area (Å²) in [4.78, 5) is 21.4. The molecule has 1 rings (SSSR count). The van der Waals surface area contributed by atoms with E-state index in [1.807, 2.05) is 0 Å². The Labute approximate surface area is 85.9 Å². The number of rotatable bonds is 4. The minimum atomic E-state index is -1.16. The Bertz CT molecular complexity index is 397. The molecule has 0 aliphatic carbocycles. The summed E-state index contributed by atoms with van der Waals surface area (Å²) in [6, 6.07) is 3.92. The van der Waals surface area contributed by atoms with Crippen molar-refractivity contribution in [3.05, 3.63) is 34.9 Å². The molecule has 1 aromatic rings. The van der Waals surface area contributed by atoms with E-state index < -0.39 is 11.9 Å². The lowest BCUT2D eigenvalue weighted by Gasteiger charge is -2.05. The zero-order valence-corrected chi connectivity index (χ0v) is 8.06. The summed E-state index contributed by atoms with van der Waals surface area (Å²) in [5.41, 5.74) is 0.360. The maximum atomic E-state index is 10.8. The maximum absolute atomic E-state index is 10.8. The fraction of sp³-hybridized carbons (Fsp3) is 0.200. The molecule has 0 fully saturated rings. The van der Waals surface area contributed by atoms with Crippen LogP contribution in [-0.2, 0) is 11.3 Å². The number of benzene rings is 1. The van der Waals surface area contributed by atoms with E-state index in [1.165, 1.54) is 19.2 Å². The topological polar surface area (TPSA) is 83.8 Å². The summed E-state index contributed by atoms with van der Waals surface area (Å²) < 4.78 is 4.81. The standard InChI is InChI=1S/C10H10O5/c1-15-5-7-3-2-6(9(11)12)4-8(7)10(13)14/h2-4H,5H2,1H3,(H,11,12)(H,13,14). The SMILES string of the molecule is COCc1ccc(C(=O)O)cc1C(=O)O.